The third-order valence-electron chi connectivity index (χ3n) is 3.63. The van der Waals surface area contributed by atoms with Crippen molar-refractivity contribution < 1.29 is 0 Å². The smallest absolute Gasteiger partial charge is 0.0317 e. The molecule has 0 aliphatic heterocycles. The van der Waals surface area contributed by atoms with E-state index in [1.54, 1.807) is 0 Å². The summed E-state index contributed by atoms with van der Waals surface area (Å²) in [6.07, 6.45) is 3.87. The molecule has 1 aliphatic carbocycles. The molecule has 0 saturated heterocycles. The minimum atomic E-state index is 0.793. The molecule has 19 heavy (non-hydrogen) atoms. The fourth-order valence-corrected chi connectivity index (χ4v) is 3.16. The summed E-state index contributed by atoms with van der Waals surface area (Å²) >= 11 is 1.86. The highest BCUT2D eigenvalue weighted by Crippen LogP contribution is 2.29. The Hall–Kier alpha value is -1.32. The Balaban J connectivity index is 1.61. The van der Waals surface area contributed by atoms with Crippen molar-refractivity contribution in [3.63, 3.8) is 0 Å². The molecule has 0 unspecified atom stereocenters. The number of nitrogen functional groups attached to an aromatic ring is 1. The number of thiophene rings is 1. The summed E-state index contributed by atoms with van der Waals surface area (Å²) in [5, 5.41) is 2.16. The van der Waals surface area contributed by atoms with E-state index in [9.17, 15) is 0 Å². The summed E-state index contributed by atoms with van der Waals surface area (Å²) in [6, 6.07) is 13.4. The highest BCUT2D eigenvalue weighted by Gasteiger charge is 2.28. The predicted molar refractivity (Wildman–Crippen MR) is 82.3 cm³/mol. The zero-order valence-electron chi connectivity index (χ0n) is 11.1. The zero-order valence-corrected chi connectivity index (χ0v) is 11.9. The molecule has 1 aromatic heterocycles. The highest BCUT2D eigenvalue weighted by molar-refractivity contribution is 7.09. The Morgan fingerprint density at radius 3 is 2.79 bits per heavy atom. The van der Waals surface area contributed by atoms with Gasteiger partial charge in [-0.2, -0.15) is 0 Å². The van der Waals surface area contributed by atoms with E-state index < -0.39 is 0 Å². The lowest BCUT2D eigenvalue weighted by atomic mass is 10.2. The Bertz CT molecular complexity index is 517. The lowest BCUT2D eigenvalue weighted by Crippen LogP contribution is -2.27. The summed E-state index contributed by atoms with van der Waals surface area (Å²) in [4.78, 5) is 4.09. The zero-order chi connectivity index (χ0) is 13.1. The van der Waals surface area contributed by atoms with Crippen molar-refractivity contribution in [2.24, 2.45) is 0 Å². The summed E-state index contributed by atoms with van der Waals surface area (Å²) in [6.45, 7) is 2.18. The number of hydrogen-bond donors (Lipinski definition) is 1. The van der Waals surface area contributed by atoms with Crippen LogP contribution < -0.4 is 5.73 Å². The monoisotopic (exact) mass is 272 g/mol. The summed E-state index contributed by atoms with van der Waals surface area (Å²) in [5.74, 6) is 0. The Kier molecular flexibility index (Phi) is 3.85. The molecule has 2 aromatic rings. The van der Waals surface area contributed by atoms with E-state index >= 15 is 0 Å². The van der Waals surface area contributed by atoms with Gasteiger partial charge in [0, 0.05) is 29.7 Å². The second kappa shape index (κ2) is 5.76. The lowest BCUT2D eigenvalue weighted by Gasteiger charge is -2.22. The Morgan fingerprint density at radius 1 is 1.21 bits per heavy atom. The molecule has 1 heterocycles. The molecule has 3 rings (SSSR count). The van der Waals surface area contributed by atoms with Crippen molar-refractivity contribution in [3.05, 3.63) is 52.2 Å². The van der Waals surface area contributed by atoms with E-state index in [0.29, 0.717) is 0 Å². The maximum atomic E-state index is 5.86. The first kappa shape index (κ1) is 12.7. The molecule has 0 spiro atoms. The molecule has 2 N–H and O–H groups in total. The van der Waals surface area contributed by atoms with Crippen molar-refractivity contribution in [3.8, 4) is 0 Å². The lowest BCUT2D eigenvalue weighted by molar-refractivity contribution is 0.259. The number of hydrogen-bond acceptors (Lipinski definition) is 3. The van der Waals surface area contributed by atoms with Gasteiger partial charge in [-0.05, 0) is 48.4 Å². The van der Waals surface area contributed by atoms with E-state index in [1.807, 2.05) is 17.4 Å². The molecule has 100 valence electrons. The first-order chi connectivity index (χ1) is 9.31. The van der Waals surface area contributed by atoms with E-state index in [2.05, 4.69) is 40.6 Å². The van der Waals surface area contributed by atoms with Crippen molar-refractivity contribution in [2.75, 3.05) is 12.3 Å². The fourth-order valence-electron chi connectivity index (χ4n) is 2.47. The van der Waals surface area contributed by atoms with Gasteiger partial charge in [0.05, 0.1) is 0 Å². The molecule has 1 saturated carbocycles. The van der Waals surface area contributed by atoms with Crippen LogP contribution in [-0.2, 0) is 13.0 Å². The van der Waals surface area contributed by atoms with Crippen LogP contribution in [0.4, 0.5) is 5.69 Å². The number of rotatable bonds is 6. The van der Waals surface area contributed by atoms with E-state index in [-0.39, 0.29) is 0 Å². The van der Waals surface area contributed by atoms with Crippen molar-refractivity contribution >= 4 is 17.0 Å². The van der Waals surface area contributed by atoms with Gasteiger partial charge in [-0.25, -0.2) is 0 Å². The van der Waals surface area contributed by atoms with Crippen LogP contribution in [0.3, 0.4) is 0 Å². The first-order valence-corrected chi connectivity index (χ1v) is 7.80. The van der Waals surface area contributed by atoms with Gasteiger partial charge in [-0.3, -0.25) is 4.90 Å². The minimum absolute atomic E-state index is 0.793. The first-order valence-electron chi connectivity index (χ1n) is 6.92. The minimum Gasteiger partial charge on any atom is -0.399 e. The van der Waals surface area contributed by atoms with Gasteiger partial charge in [-0.1, -0.05) is 18.2 Å². The van der Waals surface area contributed by atoms with Crippen LogP contribution in [0.25, 0.3) is 0 Å². The van der Waals surface area contributed by atoms with Gasteiger partial charge in [0.15, 0.2) is 0 Å². The molecular weight excluding hydrogens is 252 g/mol. The molecule has 1 fully saturated rings. The molecule has 0 bridgehead atoms. The van der Waals surface area contributed by atoms with Crippen LogP contribution in [0.5, 0.6) is 0 Å². The summed E-state index contributed by atoms with van der Waals surface area (Å²) in [7, 11) is 0. The van der Waals surface area contributed by atoms with Crippen LogP contribution in [0.2, 0.25) is 0 Å². The second-order valence-corrected chi connectivity index (χ2v) is 6.31. The van der Waals surface area contributed by atoms with Crippen LogP contribution in [-0.4, -0.2) is 17.5 Å². The quantitative estimate of drug-likeness (QED) is 0.815. The Morgan fingerprint density at radius 2 is 2.11 bits per heavy atom. The number of nitrogens with zero attached hydrogens (tertiary/aromatic N) is 1. The van der Waals surface area contributed by atoms with E-state index in [1.165, 1.54) is 23.3 Å². The largest absolute Gasteiger partial charge is 0.399 e. The van der Waals surface area contributed by atoms with Gasteiger partial charge in [0.1, 0.15) is 0 Å². The van der Waals surface area contributed by atoms with Gasteiger partial charge in [0.25, 0.3) is 0 Å². The molecule has 2 nitrogen and oxygen atoms in total. The Labute approximate surface area is 118 Å². The van der Waals surface area contributed by atoms with Crippen LogP contribution in [0.1, 0.15) is 23.3 Å². The highest BCUT2D eigenvalue weighted by atomic mass is 32.1. The molecule has 1 aliphatic rings. The van der Waals surface area contributed by atoms with Gasteiger partial charge in [-0.15, -0.1) is 11.3 Å². The maximum Gasteiger partial charge on any atom is 0.0317 e. The van der Waals surface area contributed by atoms with Gasteiger partial charge >= 0.3 is 0 Å². The molecule has 3 heteroatoms. The average Bonchev–Trinajstić information content (AvgIpc) is 3.11. The SMILES string of the molecule is Nc1cccc(CN(CCc2cccs2)C2CC2)c1. The predicted octanol–water partition coefficient (Wildman–Crippen LogP) is 3.54. The topological polar surface area (TPSA) is 29.3 Å². The third-order valence-corrected chi connectivity index (χ3v) is 4.56. The van der Waals surface area contributed by atoms with E-state index in [4.69, 9.17) is 5.73 Å². The summed E-state index contributed by atoms with van der Waals surface area (Å²) < 4.78 is 0. The number of anilines is 1. The van der Waals surface area contributed by atoms with Gasteiger partial charge < -0.3 is 5.73 Å². The van der Waals surface area contributed by atoms with Crippen molar-refractivity contribution in [1.29, 1.82) is 0 Å². The molecule has 0 amide bonds. The molecular formula is C16H20N2S. The number of nitrogens with two attached hydrogens (primary N) is 1. The molecule has 0 atom stereocenters. The molecule has 1 aromatic carbocycles. The maximum absolute atomic E-state index is 5.86. The van der Waals surface area contributed by atoms with Crippen molar-refractivity contribution in [2.45, 2.75) is 31.8 Å². The standard InChI is InChI=1S/C16H20N2S/c17-14-4-1-3-13(11-14)12-18(15-6-7-15)9-8-16-5-2-10-19-16/h1-5,10-11,15H,6-9,12,17H2. The molecule has 0 radical (unpaired) electrons. The average molecular weight is 272 g/mol. The normalized spacial score (nSPS) is 15.0. The van der Waals surface area contributed by atoms with Crippen LogP contribution >= 0.6 is 11.3 Å². The van der Waals surface area contributed by atoms with Crippen molar-refractivity contribution in [1.82, 2.24) is 4.90 Å². The van der Waals surface area contributed by atoms with Gasteiger partial charge in [0.2, 0.25) is 0 Å². The summed E-state index contributed by atoms with van der Waals surface area (Å²) in [5.41, 5.74) is 8.06. The fraction of sp³-hybridized carbons (Fsp3) is 0.375. The third kappa shape index (κ3) is 3.58. The van der Waals surface area contributed by atoms with E-state index in [0.717, 1.165) is 31.2 Å². The second-order valence-electron chi connectivity index (χ2n) is 5.28. The van der Waals surface area contributed by atoms with Crippen LogP contribution in [0, 0.1) is 0 Å². The number of benzene rings is 1. The van der Waals surface area contributed by atoms with Crippen LogP contribution in [0.15, 0.2) is 41.8 Å².